The van der Waals surface area contributed by atoms with Crippen molar-refractivity contribution in [1.82, 2.24) is 0 Å². The molecule has 1 aromatic rings. The fraction of sp³-hybridized carbons (Fsp3) is 0.538. The van der Waals surface area contributed by atoms with Gasteiger partial charge in [-0.3, -0.25) is 0 Å². The average molecular weight is 274 g/mol. The van der Waals surface area contributed by atoms with Gasteiger partial charge in [0.1, 0.15) is 29.6 Å². The summed E-state index contributed by atoms with van der Waals surface area (Å²) in [4.78, 5) is 0. The van der Waals surface area contributed by atoms with Crippen LogP contribution in [0.3, 0.4) is 0 Å². The molecular formula is C13H16F2O4. The highest BCUT2D eigenvalue weighted by Gasteiger charge is 2.43. The summed E-state index contributed by atoms with van der Waals surface area (Å²) < 4.78 is 41.7. The van der Waals surface area contributed by atoms with Crippen LogP contribution in [0.25, 0.3) is 0 Å². The van der Waals surface area contributed by atoms with E-state index in [2.05, 4.69) is 0 Å². The van der Waals surface area contributed by atoms with Gasteiger partial charge in [0, 0.05) is 31.7 Å². The van der Waals surface area contributed by atoms with E-state index in [4.69, 9.17) is 14.2 Å². The zero-order valence-corrected chi connectivity index (χ0v) is 10.5. The smallest absolute Gasteiger partial charge is 0.130 e. The van der Waals surface area contributed by atoms with Crippen LogP contribution in [0.5, 0.6) is 5.75 Å². The quantitative estimate of drug-likeness (QED) is 0.799. The Morgan fingerprint density at radius 1 is 1.21 bits per heavy atom. The summed E-state index contributed by atoms with van der Waals surface area (Å²) in [5.74, 6) is -1.31. The van der Waals surface area contributed by atoms with E-state index < -0.39 is 29.9 Å². The first-order valence-corrected chi connectivity index (χ1v) is 6.01. The van der Waals surface area contributed by atoms with Crippen molar-refractivity contribution in [3.05, 3.63) is 29.8 Å². The van der Waals surface area contributed by atoms with Crippen molar-refractivity contribution in [3.63, 3.8) is 0 Å². The molecule has 0 aromatic heterocycles. The number of ether oxygens (including phenoxy) is 3. The first-order chi connectivity index (χ1) is 9.10. The minimum Gasteiger partial charge on any atom is -0.487 e. The third kappa shape index (κ3) is 3.62. The Morgan fingerprint density at radius 3 is 2.47 bits per heavy atom. The van der Waals surface area contributed by atoms with Gasteiger partial charge in [0.25, 0.3) is 0 Å². The topological polar surface area (TPSA) is 47.9 Å². The Morgan fingerprint density at radius 2 is 1.89 bits per heavy atom. The number of hydrogen-bond acceptors (Lipinski definition) is 4. The maximum atomic E-state index is 13.0. The minimum atomic E-state index is -0.702. The van der Waals surface area contributed by atoms with E-state index in [1.807, 2.05) is 0 Å². The molecule has 19 heavy (non-hydrogen) atoms. The molecule has 1 aliphatic rings. The van der Waals surface area contributed by atoms with Crippen LogP contribution in [0, 0.1) is 11.6 Å². The average Bonchev–Trinajstić information content (AvgIpc) is 2.33. The molecule has 0 amide bonds. The molecule has 3 unspecified atom stereocenters. The predicted octanol–water partition coefficient (Wildman–Crippen LogP) is 1.51. The SMILES string of the molecule is COCCOC1C(O)CC1Oc1cc(F)cc(F)c1. The Bertz CT molecular complexity index is 407. The monoisotopic (exact) mass is 274 g/mol. The molecule has 1 aliphatic carbocycles. The van der Waals surface area contributed by atoms with E-state index in [0.29, 0.717) is 19.6 Å². The summed E-state index contributed by atoms with van der Waals surface area (Å²) in [6, 6.07) is 2.97. The van der Waals surface area contributed by atoms with Gasteiger partial charge in [0.05, 0.1) is 19.3 Å². The first-order valence-electron chi connectivity index (χ1n) is 6.01. The maximum absolute atomic E-state index is 13.0. The van der Waals surface area contributed by atoms with E-state index in [-0.39, 0.29) is 5.75 Å². The summed E-state index contributed by atoms with van der Waals surface area (Å²) in [5, 5.41) is 9.57. The molecule has 0 radical (unpaired) electrons. The van der Waals surface area contributed by atoms with E-state index in [0.717, 1.165) is 18.2 Å². The Kier molecular flexibility index (Phi) is 4.68. The summed E-state index contributed by atoms with van der Waals surface area (Å²) >= 11 is 0. The first kappa shape index (κ1) is 14.2. The second-order valence-electron chi connectivity index (χ2n) is 4.39. The molecular weight excluding hydrogens is 258 g/mol. The third-order valence-electron chi connectivity index (χ3n) is 2.94. The molecule has 4 nitrogen and oxygen atoms in total. The lowest BCUT2D eigenvalue weighted by atomic mass is 9.88. The van der Waals surface area contributed by atoms with Gasteiger partial charge in [-0.1, -0.05) is 0 Å². The largest absolute Gasteiger partial charge is 0.487 e. The van der Waals surface area contributed by atoms with Crippen LogP contribution in [0.15, 0.2) is 18.2 Å². The summed E-state index contributed by atoms with van der Waals surface area (Å²) in [6.07, 6.45) is -1.16. The highest BCUT2D eigenvalue weighted by molar-refractivity contribution is 5.24. The van der Waals surface area contributed by atoms with E-state index in [9.17, 15) is 13.9 Å². The molecule has 0 saturated heterocycles. The van der Waals surface area contributed by atoms with E-state index >= 15 is 0 Å². The Balaban J connectivity index is 1.91. The molecule has 1 N–H and O–H groups in total. The van der Waals surface area contributed by atoms with Gasteiger partial charge >= 0.3 is 0 Å². The van der Waals surface area contributed by atoms with Crippen LogP contribution in [0.2, 0.25) is 0 Å². The standard InChI is InChI=1S/C13H16F2O4/c1-17-2-3-18-13-11(16)7-12(13)19-10-5-8(14)4-9(15)6-10/h4-6,11-13,16H,2-3,7H2,1H3. The van der Waals surface area contributed by atoms with Crippen molar-refractivity contribution in [1.29, 1.82) is 0 Å². The molecule has 3 atom stereocenters. The minimum absolute atomic E-state index is 0.0924. The van der Waals surface area contributed by atoms with E-state index in [1.54, 1.807) is 7.11 Å². The molecule has 0 heterocycles. The van der Waals surface area contributed by atoms with Crippen LogP contribution in [-0.4, -0.2) is 43.7 Å². The Hall–Kier alpha value is -1.24. The molecule has 1 fully saturated rings. The van der Waals surface area contributed by atoms with Crippen molar-refractivity contribution < 1.29 is 28.1 Å². The van der Waals surface area contributed by atoms with Crippen molar-refractivity contribution in [2.75, 3.05) is 20.3 Å². The Labute approximate surface area is 109 Å². The van der Waals surface area contributed by atoms with Gasteiger partial charge in [-0.2, -0.15) is 0 Å². The molecule has 0 bridgehead atoms. The number of rotatable bonds is 6. The van der Waals surface area contributed by atoms with Crippen molar-refractivity contribution >= 4 is 0 Å². The summed E-state index contributed by atoms with van der Waals surface area (Å²) in [5.41, 5.74) is 0. The van der Waals surface area contributed by atoms with Crippen LogP contribution >= 0.6 is 0 Å². The van der Waals surface area contributed by atoms with Crippen LogP contribution < -0.4 is 4.74 Å². The second-order valence-corrected chi connectivity index (χ2v) is 4.39. The molecule has 1 saturated carbocycles. The van der Waals surface area contributed by atoms with Gasteiger partial charge in [0.15, 0.2) is 0 Å². The summed E-state index contributed by atoms with van der Waals surface area (Å²) in [6.45, 7) is 0.736. The number of aliphatic hydroxyl groups is 1. The van der Waals surface area contributed by atoms with Crippen LogP contribution in [0.1, 0.15) is 6.42 Å². The maximum Gasteiger partial charge on any atom is 0.130 e. The fourth-order valence-corrected chi connectivity index (χ4v) is 1.93. The van der Waals surface area contributed by atoms with Crippen molar-refractivity contribution in [2.24, 2.45) is 0 Å². The zero-order valence-electron chi connectivity index (χ0n) is 10.5. The normalized spacial score (nSPS) is 26.0. The predicted molar refractivity (Wildman–Crippen MR) is 63.0 cm³/mol. The summed E-state index contributed by atoms with van der Waals surface area (Å²) in [7, 11) is 1.55. The number of halogens is 2. The number of methoxy groups -OCH3 is 1. The fourth-order valence-electron chi connectivity index (χ4n) is 1.93. The van der Waals surface area contributed by atoms with Crippen LogP contribution in [0.4, 0.5) is 8.78 Å². The molecule has 0 spiro atoms. The lowest BCUT2D eigenvalue weighted by Crippen LogP contribution is -2.55. The number of benzene rings is 1. The van der Waals surface area contributed by atoms with Crippen molar-refractivity contribution in [3.8, 4) is 5.75 Å². The van der Waals surface area contributed by atoms with Gasteiger partial charge in [-0.05, 0) is 0 Å². The van der Waals surface area contributed by atoms with Gasteiger partial charge in [-0.25, -0.2) is 8.78 Å². The molecule has 0 aliphatic heterocycles. The number of aliphatic hydroxyl groups excluding tert-OH is 1. The molecule has 1 aromatic carbocycles. The third-order valence-corrected chi connectivity index (χ3v) is 2.94. The van der Waals surface area contributed by atoms with Crippen LogP contribution in [-0.2, 0) is 9.47 Å². The highest BCUT2D eigenvalue weighted by atomic mass is 19.1. The van der Waals surface area contributed by atoms with E-state index in [1.165, 1.54) is 0 Å². The second kappa shape index (κ2) is 6.27. The molecule has 6 heteroatoms. The van der Waals surface area contributed by atoms with Gasteiger partial charge in [0.2, 0.25) is 0 Å². The molecule has 2 rings (SSSR count). The van der Waals surface area contributed by atoms with Crippen molar-refractivity contribution in [2.45, 2.75) is 24.7 Å². The lowest BCUT2D eigenvalue weighted by molar-refractivity contribution is -0.167. The zero-order chi connectivity index (χ0) is 13.8. The molecule has 106 valence electrons. The number of hydrogen-bond donors (Lipinski definition) is 1. The van der Waals surface area contributed by atoms with Gasteiger partial charge in [-0.15, -0.1) is 0 Å². The highest BCUT2D eigenvalue weighted by Crippen LogP contribution is 2.29. The van der Waals surface area contributed by atoms with Gasteiger partial charge < -0.3 is 19.3 Å². The lowest BCUT2D eigenvalue weighted by Gasteiger charge is -2.40.